The smallest absolute Gasteiger partial charge is 0.414 e. The maximum absolute atomic E-state index is 12.2. The third-order valence-corrected chi connectivity index (χ3v) is 4.65. The van der Waals surface area contributed by atoms with Crippen molar-refractivity contribution in [1.29, 1.82) is 0 Å². The van der Waals surface area contributed by atoms with Gasteiger partial charge < -0.3 is 10.1 Å². The number of carbonyl (C=O) groups is 2. The van der Waals surface area contributed by atoms with E-state index in [9.17, 15) is 9.59 Å². The number of nitrogens with zero attached hydrogens (tertiary/aromatic N) is 1. The number of anilines is 1. The summed E-state index contributed by atoms with van der Waals surface area (Å²) in [6.45, 7) is 6.40. The first-order chi connectivity index (χ1) is 12.5. The average molecular weight is 352 g/mol. The van der Waals surface area contributed by atoms with Crippen molar-refractivity contribution >= 4 is 17.7 Å². The fourth-order valence-corrected chi connectivity index (χ4v) is 3.16. The van der Waals surface area contributed by atoms with Gasteiger partial charge in [-0.15, -0.1) is 0 Å². The van der Waals surface area contributed by atoms with E-state index in [1.165, 1.54) is 18.1 Å². The number of aryl methyl sites for hydroxylation is 2. The van der Waals surface area contributed by atoms with Crippen molar-refractivity contribution in [3.8, 4) is 11.1 Å². The Morgan fingerprint density at radius 1 is 1.23 bits per heavy atom. The molecule has 1 fully saturated rings. The molecule has 1 aliphatic heterocycles. The summed E-state index contributed by atoms with van der Waals surface area (Å²) in [7, 11) is 0. The van der Waals surface area contributed by atoms with Gasteiger partial charge in [0.1, 0.15) is 6.10 Å². The molecule has 5 nitrogen and oxygen atoms in total. The van der Waals surface area contributed by atoms with Crippen molar-refractivity contribution in [3.63, 3.8) is 0 Å². The van der Waals surface area contributed by atoms with Crippen LogP contribution in [0.3, 0.4) is 0 Å². The van der Waals surface area contributed by atoms with Crippen LogP contribution in [-0.4, -0.2) is 31.2 Å². The van der Waals surface area contributed by atoms with Gasteiger partial charge in [0, 0.05) is 12.6 Å². The molecule has 0 aliphatic carbocycles. The normalized spacial score (nSPS) is 16.5. The zero-order valence-electron chi connectivity index (χ0n) is 15.4. The highest BCUT2D eigenvalue weighted by Gasteiger charge is 2.32. The summed E-state index contributed by atoms with van der Waals surface area (Å²) in [5.41, 5.74) is 5.54. The van der Waals surface area contributed by atoms with E-state index >= 15 is 0 Å². The summed E-state index contributed by atoms with van der Waals surface area (Å²) < 4.78 is 5.33. The van der Waals surface area contributed by atoms with Crippen molar-refractivity contribution in [2.75, 3.05) is 18.0 Å². The number of rotatable bonds is 5. The highest BCUT2D eigenvalue weighted by molar-refractivity contribution is 5.90. The number of benzene rings is 2. The van der Waals surface area contributed by atoms with Crippen LogP contribution in [0.4, 0.5) is 10.5 Å². The molecule has 26 heavy (non-hydrogen) atoms. The first-order valence-electron chi connectivity index (χ1n) is 8.90. The zero-order chi connectivity index (χ0) is 18.7. The molecule has 0 spiro atoms. The molecular formula is C21H24N2O3. The van der Waals surface area contributed by atoms with Gasteiger partial charge in [-0.05, 0) is 47.7 Å². The molecule has 0 bridgehead atoms. The van der Waals surface area contributed by atoms with Crippen molar-refractivity contribution < 1.29 is 14.3 Å². The first kappa shape index (κ1) is 18.0. The van der Waals surface area contributed by atoms with Gasteiger partial charge in [-0.2, -0.15) is 0 Å². The van der Waals surface area contributed by atoms with Crippen LogP contribution in [-0.2, 0) is 16.0 Å². The van der Waals surface area contributed by atoms with Crippen LogP contribution in [0.2, 0.25) is 0 Å². The monoisotopic (exact) mass is 352 g/mol. The minimum absolute atomic E-state index is 0.131. The number of carbonyl (C=O) groups excluding carboxylic acids is 2. The van der Waals surface area contributed by atoms with Crippen LogP contribution in [0.5, 0.6) is 0 Å². The van der Waals surface area contributed by atoms with Crippen LogP contribution >= 0.6 is 0 Å². The zero-order valence-corrected chi connectivity index (χ0v) is 15.4. The van der Waals surface area contributed by atoms with Gasteiger partial charge in [0.15, 0.2) is 0 Å². The summed E-state index contributed by atoms with van der Waals surface area (Å²) in [6, 6.07) is 14.5. The lowest BCUT2D eigenvalue weighted by atomic mass is 9.98. The van der Waals surface area contributed by atoms with Crippen LogP contribution in [0, 0.1) is 6.92 Å². The Balaban J connectivity index is 1.76. The highest BCUT2D eigenvalue weighted by atomic mass is 16.6. The molecule has 136 valence electrons. The molecule has 2 aromatic rings. The topological polar surface area (TPSA) is 58.6 Å². The van der Waals surface area contributed by atoms with Crippen molar-refractivity contribution in [2.24, 2.45) is 0 Å². The predicted molar refractivity (Wildman–Crippen MR) is 102 cm³/mol. The van der Waals surface area contributed by atoms with Crippen molar-refractivity contribution in [1.82, 2.24) is 5.32 Å². The number of amides is 2. The van der Waals surface area contributed by atoms with Crippen molar-refractivity contribution in [3.05, 3.63) is 53.6 Å². The Labute approximate surface area is 154 Å². The van der Waals surface area contributed by atoms with Crippen LogP contribution in [0.1, 0.15) is 25.0 Å². The van der Waals surface area contributed by atoms with Crippen LogP contribution in [0.25, 0.3) is 11.1 Å². The maximum atomic E-state index is 12.2. The van der Waals surface area contributed by atoms with Crippen molar-refractivity contribution in [2.45, 2.75) is 33.3 Å². The third-order valence-electron chi connectivity index (χ3n) is 4.65. The molecule has 5 heteroatoms. The Morgan fingerprint density at radius 3 is 2.58 bits per heavy atom. The van der Waals surface area contributed by atoms with Crippen LogP contribution < -0.4 is 10.2 Å². The fourth-order valence-electron chi connectivity index (χ4n) is 3.16. The fraction of sp³-hybridized carbons (Fsp3) is 0.333. The van der Waals surface area contributed by atoms with E-state index < -0.39 is 0 Å². The molecule has 3 rings (SSSR count). The number of nitrogens with one attached hydrogen (secondary N) is 1. The Bertz CT molecular complexity index is 815. The molecule has 2 amide bonds. The maximum Gasteiger partial charge on any atom is 0.414 e. The lowest BCUT2D eigenvalue weighted by molar-refractivity contribution is -0.119. The molecule has 1 heterocycles. The minimum Gasteiger partial charge on any atom is -0.442 e. The van der Waals surface area contributed by atoms with Gasteiger partial charge in [0.05, 0.1) is 13.1 Å². The molecule has 1 saturated heterocycles. The molecule has 0 aromatic heterocycles. The average Bonchev–Trinajstić information content (AvgIpc) is 3.01. The minimum atomic E-state index is -0.375. The van der Waals surface area contributed by atoms with Gasteiger partial charge in [-0.3, -0.25) is 9.69 Å². The second kappa shape index (κ2) is 7.60. The van der Waals surface area contributed by atoms with Gasteiger partial charge in [0.25, 0.3) is 0 Å². The summed E-state index contributed by atoms with van der Waals surface area (Å²) in [4.78, 5) is 24.8. The molecular weight excluding hydrogens is 328 g/mol. The molecule has 1 N–H and O–H groups in total. The van der Waals surface area contributed by atoms with Crippen LogP contribution in [0.15, 0.2) is 42.5 Å². The van der Waals surface area contributed by atoms with Gasteiger partial charge >= 0.3 is 6.09 Å². The molecule has 1 aliphatic rings. The highest BCUT2D eigenvalue weighted by Crippen LogP contribution is 2.29. The molecule has 2 aromatic carbocycles. The Morgan fingerprint density at radius 2 is 1.96 bits per heavy atom. The van der Waals surface area contributed by atoms with Gasteiger partial charge in [-0.25, -0.2) is 4.79 Å². The lowest BCUT2D eigenvalue weighted by Crippen LogP contribution is -2.33. The Kier molecular flexibility index (Phi) is 5.26. The Hall–Kier alpha value is -2.82. The van der Waals surface area contributed by atoms with E-state index in [2.05, 4.69) is 36.5 Å². The van der Waals surface area contributed by atoms with E-state index in [1.54, 1.807) is 4.90 Å². The van der Waals surface area contributed by atoms with E-state index in [0.717, 1.165) is 23.2 Å². The molecule has 0 saturated carbocycles. The van der Waals surface area contributed by atoms with E-state index in [0.29, 0.717) is 13.1 Å². The van der Waals surface area contributed by atoms with E-state index in [4.69, 9.17) is 4.74 Å². The number of cyclic esters (lactones) is 1. The number of ether oxygens (including phenoxy) is 1. The van der Waals surface area contributed by atoms with Gasteiger partial charge in [0.2, 0.25) is 5.91 Å². The lowest BCUT2D eigenvalue weighted by Gasteiger charge is -2.16. The number of hydrogen-bond donors (Lipinski definition) is 1. The second-order valence-electron chi connectivity index (χ2n) is 6.60. The first-order valence-corrected chi connectivity index (χ1v) is 8.90. The molecule has 1 atom stereocenters. The SMILES string of the molecule is CCc1ccc(-c2ccc(N3C[C@H](CNC(C)=O)OC3=O)cc2C)cc1. The summed E-state index contributed by atoms with van der Waals surface area (Å²) in [6.07, 6.45) is 0.322. The third kappa shape index (κ3) is 3.87. The van der Waals surface area contributed by atoms with Gasteiger partial charge in [-0.1, -0.05) is 37.3 Å². The summed E-state index contributed by atoms with van der Waals surface area (Å²) in [5.74, 6) is -0.131. The molecule has 0 unspecified atom stereocenters. The van der Waals surface area contributed by atoms with E-state index in [-0.39, 0.29) is 18.1 Å². The predicted octanol–water partition coefficient (Wildman–Crippen LogP) is 3.69. The second-order valence-corrected chi connectivity index (χ2v) is 6.60. The standard InChI is InChI=1S/C21H24N2O3/c1-4-16-5-7-17(8-6-16)20-10-9-18(11-14(20)2)23-13-19(26-21(23)25)12-22-15(3)24/h5-11,19H,4,12-13H2,1-3H3,(H,22,24)/t19-/m0/s1. The number of hydrogen-bond acceptors (Lipinski definition) is 3. The molecule has 0 radical (unpaired) electrons. The summed E-state index contributed by atoms with van der Waals surface area (Å²) >= 11 is 0. The quantitative estimate of drug-likeness (QED) is 0.893. The van der Waals surface area contributed by atoms with E-state index in [1.807, 2.05) is 25.1 Å². The summed E-state index contributed by atoms with van der Waals surface area (Å²) in [5, 5.41) is 2.69. The largest absolute Gasteiger partial charge is 0.442 e.